The van der Waals surface area contributed by atoms with Gasteiger partial charge in [0.05, 0.1) is 17.3 Å². The molecule has 0 aliphatic rings. The third kappa shape index (κ3) is 3.36. The van der Waals surface area contributed by atoms with Gasteiger partial charge in [0, 0.05) is 14.6 Å². The van der Waals surface area contributed by atoms with Crippen LogP contribution in [0.5, 0.6) is 0 Å². The zero-order valence-electron chi connectivity index (χ0n) is 11.9. The van der Waals surface area contributed by atoms with Crippen LogP contribution in [0.2, 0.25) is 0 Å². The summed E-state index contributed by atoms with van der Waals surface area (Å²) in [5, 5.41) is 12.9. The van der Waals surface area contributed by atoms with E-state index in [4.69, 9.17) is 0 Å². The Kier molecular flexibility index (Phi) is 5.11. The van der Waals surface area contributed by atoms with Crippen LogP contribution in [0.4, 0.5) is 5.69 Å². The van der Waals surface area contributed by atoms with E-state index in [1.54, 1.807) is 23.1 Å². The van der Waals surface area contributed by atoms with Gasteiger partial charge in [-0.3, -0.25) is 0 Å². The van der Waals surface area contributed by atoms with Crippen molar-refractivity contribution in [1.82, 2.24) is 0 Å². The van der Waals surface area contributed by atoms with Gasteiger partial charge in [-0.2, -0.15) is 5.26 Å². The first kappa shape index (κ1) is 15.0. The van der Waals surface area contributed by atoms with Gasteiger partial charge in [-0.1, -0.05) is 13.0 Å². The van der Waals surface area contributed by atoms with Crippen LogP contribution >= 0.6 is 23.1 Å². The first-order valence-corrected chi connectivity index (χ1v) is 8.44. The molecule has 0 fully saturated rings. The lowest BCUT2D eigenvalue weighted by molar-refractivity contribution is 0.906. The molecule has 1 N–H and O–H groups in total. The highest BCUT2D eigenvalue weighted by molar-refractivity contribution is 7.99. The standard InChI is InChI=1S/C16H18N2S2/c1-4-19-16-7-5-6-14(13(16)10-17)18-12(3)15-9-8-11(2)20-15/h5-9,12,18H,4H2,1-3H3. The number of hydrogen-bond acceptors (Lipinski definition) is 4. The minimum atomic E-state index is 0.211. The van der Waals surface area contributed by atoms with Gasteiger partial charge in [0.15, 0.2) is 0 Å². The van der Waals surface area contributed by atoms with Crippen LogP contribution in [0.3, 0.4) is 0 Å². The fraction of sp³-hybridized carbons (Fsp3) is 0.312. The van der Waals surface area contributed by atoms with Gasteiger partial charge < -0.3 is 5.32 Å². The summed E-state index contributed by atoms with van der Waals surface area (Å²) in [6, 6.07) is 12.8. The Morgan fingerprint density at radius 2 is 2.15 bits per heavy atom. The SMILES string of the molecule is CCSc1cccc(NC(C)c2ccc(C)s2)c1C#N. The molecular weight excluding hydrogens is 284 g/mol. The number of benzene rings is 1. The van der Waals surface area contributed by atoms with E-state index in [9.17, 15) is 5.26 Å². The van der Waals surface area contributed by atoms with Crippen molar-refractivity contribution in [2.45, 2.75) is 31.7 Å². The lowest BCUT2D eigenvalue weighted by atomic mass is 10.1. The Hall–Kier alpha value is -1.44. The molecule has 1 aromatic carbocycles. The second kappa shape index (κ2) is 6.83. The minimum absolute atomic E-state index is 0.211. The molecule has 1 atom stereocenters. The van der Waals surface area contributed by atoms with E-state index in [0.29, 0.717) is 0 Å². The molecule has 1 aromatic heterocycles. The highest BCUT2D eigenvalue weighted by Gasteiger charge is 2.12. The van der Waals surface area contributed by atoms with E-state index >= 15 is 0 Å². The van der Waals surface area contributed by atoms with Crippen molar-refractivity contribution in [2.75, 3.05) is 11.1 Å². The predicted molar refractivity (Wildman–Crippen MR) is 88.6 cm³/mol. The molecule has 0 aliphatic carbocycles. The molecule has 2 aromatic rings. The summed E-state index contributed by atoms with van der Waals surface area (Å²) < 4.78 is 0. The molecule has 2 nitrogen and oxygen atoms in total. The van der Waals surface area contributed by atoms with Crippen molar-refractivity contribution in [2.24, 2.45) is 0 Å². The Balaban J connectivity index is 2.25. The maximum Gasteiger partial charge on any atom is 0.102 e. The van der Waals surface area contributed by atoms with Crippen LogP contribution in [-0.4, -0.2) is 5.75 Å². The summed E-state index contributed by atoms with van der Waals surface area (Å²) >= 11 is 3.50. The van der Waals surface area contributed by atoms with Crippen LogP contribution < -0.4 is 5.32 Å². The second-order valence-electron chi connectivity index (χ2n) is 4.54. The van der Waals surface area contributed by atoms with Crippen molar-refractivity contribution < 1.29 is 0 Å². The van der Waals surface area contributed by atoms with Crippen LogP contribution in [-0.2, 0) is 0 Å². The molecule has 0 radical (unpaired) electrons. The average molecular weight is 302 g/mol. The topological polar surface area (TPSA) is 35.8 Å². The van der Waals surface area contributed by atoms with E-state index < -0.39 is 0 Å². The highest BCUT2D eigenvalue weighted by atomic mass is 32.2. The maximum absolute atomic E-state index is 9.41. The summed E-state index contributed by atoms with van der Waals surface area (Å²) in [5.74, 6) is 0.970. The molecular formula is C16H18N2S2. The van der Waals surface area contributed by atoms with Crippen molar-refractivity contribution in [3.05, 3.63) is 45.6 Å². The van der Waals surface area contributed by atoms with Crippen molar-refractivity contribution in [3.8, 4) is 6.07 Å². The van der Waals surface area contributed by atoms with E-state index in [1.807, 2.05) is 18.2 Å². The van der Waals surface area contributed by atoms with E-state index in [0.717, 1.165) is 21.9 Å². The number of hydrogen-bond donors (Lipinski definition) is 1. The number of nitrogens with zero attached hydrogens (tertiary/aromatic N) is 1. The van der Waals surface area contributed by atoms with Gasteiger partial charge in [0.2, 0.25) is 0 Å². The molecule has 0 saturated carbocycles. The zero-order chi connectivity index (χ0) is 14.5. The summed E-state index contributed by atoms with van der Waals surface area (Å²) in [7, 11) is 0. The molecule has 20 heavy (non-hydrogen) atoms. The van der Waals surface area contributed by atoms with Crippen molar-refractivity contribution >= 4 is 28.8 Å². The van der Waals surface area contributed by atoms with Gasteiger partial charge in [-0.15, -0.1) is 23.1 Å². The summed E-state index contributed by atoms with van der Waals surface area (Å²) in [6.07, 6.45) is 0. The van der Waals surface area contributed by atoms with Crippen LogP contribution in [0.15, 0.2) is 35.2 Å². The first-order chi connectivity index (χ1) is 9.65. The molecule has 1 heterocycles. The fourth-order valence-corrected chi connectivity index (χ4v) is 3.70. The normalized spacial score (nSPS) is 11.9. The summed E-state index contributed by atoms with van der Waals surface area (Å²) in [6.45, 7) is 6.34. The van der Waals surface area contributed by atoms with E-state index in [-0.39, 0.29) is 6.04 Å². The minimum Gasteiger partial charge on any atom is -0.377 e. The lowest BCUT2D eigenvalue weighted by Gasteiger charge is -2.16. The molecule has 0 saturated heterocycles. The molecule has 0 bridgehead atoms. The molecule has 2 rings (SSSR count). The van der Waals surface area contributed by atoms with Crippen molar-refractivity contribution in [3.63, 3.8) is 0 Å². The zero-order valence-corrected chi connectivity index (χ0v) is 13.6. The number of thiophene rings is 1. The van der Waals surface area contributed by atoms with Gasteiger partial charge in [0.1, 0.15) is 6.07 Å². The quantitative estimate of drug-likeness (QED) is 0.770. The molecule has 4 heteroatoms. The summed E-state index contributed by atoms with van der Waals surface area (Å²) in [5.41, 5.74) is 1.67. The Labute approximate surface area is 128 Å². The van der Waals surface area contributed by atoms with Crippen LogP contribution in [0.1, 0.15) is 35.2 Å². The number of anilines is 1. The second-order valence-corrected chi connectivity index (χ2v) is 7.16. The molecule has 104 valence electrons. The Morgan fingerprint density at radius 1 is 1.35 bits per heavy atom. The number of aryl methyl sites for hydroxylation is 1. The number of rotatable bonds is 5. The third-order valence-corrected chi connectivity index (χ3v) is 5.12. The van der Waals surface area contributed by atoms with Gasteiger partial charge in [-0.05, 0) is 43.9 Å². The van der Waals surface area contributed by atoms with Gasteiger partial charge in [-0.25, -0.2) is 0 Å². The molecule has 0 spiro atoms. The Morgan fingerprint density at radius 3 is 2.75 bits per heavy atom. The number of nitriles is 1. The molecule has 0 aliphatic heterocycles. The Bertz CT molecular complexity index is 626. The van der Waals surface area contributed by atoms with Gasteiger partial charge >= 0.3 is 0 Å². The molecule has 1 unspecified atom stereocenters. The molecule has 0 amide bonds. The maximum atomic E-state index is 9.41. The average Bonchev–Trinajstić information content (AvgIpc) is 2.86. The predicted octanol–water partition coefficient (Wildman–Crippen LogP) is 5.21. The third-order valence-electron chi connectivity index (χ3n) is 3.00. The van der Waals surface area contributed by atoms with E-state index in [1.165, 1.54) is 9.75 Å². The lowest BCUT2D eigenvalue weighted by Crippen LogP contribution is -2.06. The summed E-state index contributed by atoms with van der Waals surface area (Å²) in [4.78, 5) is 3.65. The fourth-order valence-electron chi connectivity index (χ4n) is 2.03. The monoisotopic (exact) mass is 302 g/mol. The van der Waals surface area contributed by atoms with Crippen molar-refractivity contribution in [1.29, 1.82) is 5.26 Å². The largest absolute Gasteiger partial charge is 0.377 e. The van der Waals surface area contributed by atoms with E-state index in [2.05, 4.69) is 44.3 Å². The van der Waals surface area contributed by atoms with Crippen LogP contribution in [0.25, 0.3) is 0 Å². The van der Waals surface area contributed by atoms with Gasteiger partial charge in [0.25, 0.3) is 0 Å². The number of thioether (sulfide) groups is 1. The first-order valence-electron chi connectivity index (χ1n) is 6.64. The smallest absolute Gasteiger partial charge is 0.102 e. The number of nitrogens with one attached hydrogen (secondary N) is 1. The van der Waals surface area contributed by atoms with Crippen LogP contribution in [0, 0.1) is 18.3 Å². The highest BCUT2D eigenvalue weighted by Crippen LogP contribution is 2.31.